The number of benzene rings is 1. The molecule has 0 atom stereocenters. The summed E-state index contributed by atoms with van der Waals surface area (Å²) in [6, 6.07) is 15.7. The quantitative estimate of drug-likeness (QED) is 0.641. The summed E-state index contributed by atoms with van der Waals surface area (Å²) in [5.41, 5.74) is 1.30. The van der Waals surface area contributed by atoms with Crippen LogP contribution in [-0.2, 0) is 23.2 Å². The Bertz CT molecular complexity index is 1210. The smallest absolute Gasteiger partial charge is 0.251 e. The van der Waals surface area contributed by atoms with Crippen molar-refractivity contribution in [3.05, 3.63) is 77.2 Å². The minimum Gasteiger partial charge on any atom is -0.309 e. The third kappa shape index (κ3) is 4.47. The Morgan fingerprint density at radius 1 is 1.12 bits per heavy atom. The lowest BCUT2D eigenvalue weighted by Gasteiger charge is -2.42. The van der Waals surface area contributed by atoms with E-state index in [1.807, 2.05) is 12.1 Å². The summed E-state index contributed by atoms with van der Waals surface area (Å²) >= 11 is 0. The molecule has 1 amide bonds. The molecule has 0 bridgehead atoms. The molecule has 2 aromatic heterocycles. The molecule has 0 unspecified atom stereocenters. The molecule has 32 heavy (non-hydrogen) atoms. The maximum absolute atomic E-state index is 13.3. The van der Waals surface area contributed by atoms with Crippen LogP contribution in [0.4, 0.5) is 14.6 Å². The van der Waals surface area contributed by atoms with Gasteiger partial charge in [-0.15, -0.1) is 0 Å². The molecule has 0 saturated heterocycles. The lowest BCUT2D eigenvalue weighted by molar-refractivity contribution is -0.115. The van der Waals surface area contributed by atoms with E-state index in [0.717, 1.165) is 5.69 Å². The number of nitriles is 2. The molecule has 1 saturated carbocycles. The third-order valence-electron chi connectivity index (χ3n) is 5.39. The van der Waals surface area contributed by atoms with E-state index < -0.39 is 24.2 Å². The number of carbonyl (C=O) groups excluding carboxylic acids is 1. The zero-order valence-corrected chi connectivity index (χ0v) is 16.9. The molecule has 3 aromatic rings. The maximum atomic E-state index is 13.3. The van der Waals surface area contributed by atoms with Crippen molar-refractivity contribution >= 4 is 11.7 Å². The van der Waals surface area contributed by atoms with Crippen molar-refractivity contribution in [3.63, 3.8) is 0 Å². The molecule has 1 aromatic carbocycles. The molecule has 1 aliphatic rings. The van der Waals surface area contributed by atoms with Crippen LogP contribution in [0.5, 0.6) is 0 Å². The topological polar surface area (TPSA) is 107 Å². The van der Waals surface area contributed by atoms with E-state index in [4.69, 9.17) is 5.26 Å². The van der Waals surface area contributed by atoms with Gasteiger partial charge in [0.2, 0.25) is 5.91 Å². The average Bonchev–Trinajstić information content (AvgIpc) is 3.19. The normalized spacial score (nSPS) is 15.8. The monoisotopic (exact) mass is 432 g/mol. The van der Waals surface area contributed by atoms with Crippen LogP contribution in [0.25, 0.3) is 0 Å². The number of halogens is 2. The lowest BCUT2D eigenvalue weighted by atomic mass is 9.63. The first-order valence-corrected chi connectivity index (χ1v) is 9.88. The van der Waals surface area contributed by atoms with Crippen LogP contribution in [0.15, 0.2) is 54.9 Å². The van der Waals surface area contributed by atoms with E-state index >= 15 is 0 Å². The summed E-state index contributed by atoms with van der Waals surface area (Å²) in [6.07, 6.45) is 2.33. The van der Waals surface area contributed by atoms with Gasteiger partial charge in [-0.1, -0.05) is 24.3 Å². The van der Waals surface area contributed by atoms with Gasteiger partial charge >= 0.3 is 0 Å². The highest BCUT2D eigenvalue weighted by molar-refractivity contribution is 5.91. The van der Waals surface area contributed by atoms with Crippen LogP contribution in [0, 0.1) is 22.7 Å². The van der Waals surface area contributed by atoms with Gasteiger partial charge < -0.3 is 5.32 Å². The highest BCUT2D eigenvalue weighted by Gasteiger charge is 2.58. The van der Waals surface area contributed by atoms with E-state index in [-0.39, 0.29) is 12.3 Å². The van der Waals surface area contributed by atoms with Crippen LogP contribution in [0.3, 0.4) is 0 Å². The van der Waals surface area contributed by atoms with E-state index in [1.54, 1.807) is 53.3 Å². The fraction of sp³-hybridized carbons (Fsp3) is 0.261. The number of anilines is 1. The first-order valence-electron chi connectivity index (χ1n) is 9.88. The van der Waals surface area contributed by atoms with Crippen molar-refractivity contribution in [1.29, 1.82) is 10.5 Å². The van der Waals surface area contributed by atoms with Crippen molar-refractivity contribution < 1.29 is 13.6 Å². The van der Waals surface area contributed by atoms with Crippen molar-refractivity contribution in [2.24, 2.45) is 0 Å². The molecule has 0 spiro atoms. The zero-order chi connectivity index (χ0) is 22.8. The number of aromatic nitrogens is 3. The molecule has 0 radical (unpaired) electrons. The minimum atomic E-state index is -2.80. The van der Waals surface area contributed by atoms with Gasteiger partial charge in [-0.2, -0.15) is 15.6 Å². The fourth-order valence-electron chi connectivity index (χ4n) is 3.76. The van der Waals surface area contributed by atoms with E-state index in [2.05, 4.69) is 15.4 Å². The zero-order valence-electron chi connectivity index (χ0n) is 16.9. The van der Waals surface area contributed by atoms with Crippen molar-refractivity contribution in [2.45, 2.75) is 37.1 Å². The summed E-state index contributed by atoms with van der Waals surface area (Å²) in [5, 5.41) is 25.2. The first kappa shape index (κ1) is 21.1. The van der Waals surface area contributed by atoms with Gasteiger partial charge in [0, 0.05) is 31.3 Å². The number of hydrogen-bond acceptors (Lipinski definition) is 5. The number of carbonyl (C=O) groups is 1. The molecule has 160 valence electrons. The van der Waals surface area contributed by atoms with Crippen molar-refractivity contribution in [1.82, 2.24) is 14.8 Å². The number of alkyl halides is 2. The molecule has 1 aliphatic carbocycles. The van der Waals surface area contributed by atoms with Gasteiger partial charge in [0.25, 0.3) is 5.92 Å². The Balaban J connectivity index is 1.33. The van der Waals surface area contributed by atoms with E-state index in [1.165, 1.54) is 6.20 Å². The summed E-state index contributed by atoms with van der Waals surface area (Å²) in [4.78, 5) is 16.5. The molecule has 1 N–H and O–H groups in total. The first-order chi connectivity index (χ1) is 15.3. The number of pyridine rings is 1. The summed E-state index contributed by atoms with van der Waals surface area (Å²) in [7, 11) is 0. The van der Waals surface area contributed by atoms with Crippen LogP contribution in [0.2, 0.25) is 0 Å². The van der Waals surface area contributed by atoms with Gasteiger partial charge in [-0.3, -0.25) is 14.5 Å². The SMILES string of the molecule is N#Cc1ccc(Cn2ccc(NC(=O)Cc3ccc(C4(C#N)CC(F)(F)C4)cc3)n2)nc1. The Morgan fingerprint density at radius 3 is 2.47 bits per heavy atom. The predicted octanol–water partition coefficient (Wildman–Crippen LogP) is 3.57. The Morgan fingerprint density at radius 2 is 1.88 bits per heavy atom. The molecule has 1 fully saturated rings. The molecular formula is C23H18F2N6O. The summed E-state index contributed by atoms with van der Waals surface area (Å²) < 4.78 is 28.2. The Hall–Kier alpha value is -4.11. The average molecular weight is 432 g/mol. The predicted molar refractivity (Wildman–Crippen MR) is 111 cm³/mol. The van der Waals surface area contributed by atoms with Gasteiger partial charge in [0.15, 0.2) is 5.82 Å². The van der Waals surface area contributed by atoms with Crippen LogP contribution < -0.4 is 5.32 Å². The number of nitrogens with one attached hydrogen (secondary N) is 1. The minimum absolute atomic E-state index is 0.0834. The van der Waals surface area contributed by atoms with Gasteiger partial charge in [0.1, 0.15) is 6.07 Å². The molecule has 4 rings (SSSR count). The summed E-state index contributed by atoms with van der Waals surface area (Å²) in [5.74, 6) is -2.68. The van der Waals surface area contributed by atoms with Crippen LogP contribution >= 0.6 is 0 Å². The van der Waals surface area contributed by atoms with Crippen LogP contribution in [-0.4, -0.2) is 26.6 Å². The maximum Gasteiger partial charge on any atom is 0.251 e. The number of amides is 1. The molecule has 7 nitrogen and oxygen atoms in total. The number of nitrogens with zero attached hydrogens (tertiary/aromatic N) is 5. The third-order valence-corrected chi connectivity index (χ3v) is 5.39. The highest BCUT2D eigenvalue weighted by atomic mass is 19.3. The second kappa shape index (κ2) is 8.20. The van der Waals surface area contributed by atoms with Gasteiger partial charge in [0.05, 0.1) is 35.7 Å². The molecule has 2 heterocycles. The van der Waals surface area contributed by atoms with E-state index in [9.17, 15) is 18.8 Å². The molecule has 9 heteroatoms. The number of hydrogen-bond donors (Lipinski definition) is 1. The van der Waals surface area contributed by atoms with Crippen molar-refractivity contribution in [2.75, 3.05) is 5.32 Å². The Labute approximate surface area is 182 Å². The fourth-order valence-corrected chi connectivity index (χ4v) is 3.76. The van der Waals surface area contributed by atoms with Gasteiger partial charge in [-0.25, -0.2) is 8.78 Å². The molecular weight excluding hydrogens is 414 g/mol. The number of rotatable bonds is 6. The lowest BCUT2D eigenvalue weighted by Crippen LogP contribution is -2.48. The second-order valence-electron chi connectivity index (χ2n) is 7.87. The largest absolute Gasteiger partial charge is 0.309 e. The Kier molecular flexibility index (Phi) is 5.41. The van der Waals surface area contributed by atoms with Crippen molar-refractivity contribution in [3.8, 4) is 12.1 Å². The highest BCUT2D eigenvalue weighted by Crippen LogP contribution is 2.52. The summed E-state index contributed by atoms with van der Waals surface area (Å²) in [6.45, 7) is 0.392. The standard InChI is InChI=1S/C23H18F2N6O/c24-23(25)13-22(14-23,15-27)18-4-1-16(2-5-18)9-21(32)29-20-7-8-31(30-20)12-19-6-3-17(10-26)11-28-19/h1-8,11H,9,12-14H2,(H,29,30,32). The second-order valence-corrected chi connectivity index (χ2v) is 7.87. The van der Waals surface area contributed by atoms with Crippen LogP contribution in [0.1, 0.15) is 35.2 Å². The van der Waals surface area contributed by atoms with Gasteiger partial charge in [-0.05, 0) is 23.3 Å². The molecule has 0 aliphatic heterocycles. The van der Waals surface area contributed by atoms with E-state index in [0.29, 0.717) is 29.1 Å².